The van der Waals surface area contributed by atoms with Crippen LogP contribution in [0.25, 0.3) is 16.9 Å². The van der Waals surface area contributed by atoms with Gasteiger partial charge in [-0.2, -0.15) is 0 Å². The first-order chi connectivity index (χ1) is 11.1. The van der Waals surface area contributed by atoms with E-state index in [1.54, 1.807) is 31.4 Å². The molecule has 2 N–H and O–H groups in total. The molecule has 3 rings (SSSR count). The van der Waals surface area contributed by atoms with Gasteiger partial charge in [0.15, 0.2) is 11.6 Å². The Morgan fingerprint density at radius 1 is 1.09 bits per heavy atom. The maximum absolute atomic E-state index is 13.6. The zero-order valence-electron chi connectivity index (χ0n) is 12.3. The molecule has 0 fully saturated rings. The summed E-state index contributed by atoms with van der Waals surface area (Å²) in [5.41, 5.74) is 7.86. The standard InChI is InChI=1S/C16H14F2N4O/c1-23-12-5-3-11(4-6-12)22-16(15(9-19)20-21-22)10-2-7-13(17)14(18)8-10/h2-8H,9,19H2,1H3. The number of aromatic nitrogens is 3. The molecule has 2 aromatic carbocycles. The van der Waals surface area contributed by atoms with E-state index in [0.717, 1.165) is 12.1 Å². The van der Waals surface area contributed by atoms with Crippen LogP contribution >= 0.6 is 0 Å². The maximum Gasteiger partial charge on any atom is 0.159 e. The molecule has 3 aromatic rings. The van der Waals surface area contributed by atoms with Crippen LogP contribution in [0.15, 0.2) is 42.5 Å². The van der Waals surface area contributed by atoms with Crippen LogP contribution in [-0.4, -0.2) is 22.1 Å². The first-order valence-electron chi connectivity index (χ1n) is 6.88. The lowest BCUT2D eigenvalue weighted by Crippen LogP contribution is -2.03. The molecule has 0 aliphatic rings. The third-order valence-corrected chi connectivity index (χ3v) is 3.44. The molecule has 0 amide bonds. The second kappa shape index (κ2) is 6.13. The SMILES string of the molecule is COc1ccc(-n2nnc(CN)c2-c2ccc(F)c(F)c2)cc1. The number of benzene rings is 2. The Morgan fingerprint density at radius 3 is 2.43 bits per heavy atom. The van der Waals surface area contributed by atoms with Gasteiger partial charge in [-0.25, -0.2) is 13.5 Å². The maximum atomic E-state index is 13.6. The molecule has 0 bridgehead atoms. The largest absolute Gasteiger partial charge is 0.497 e. The number of hydrogen-bond donors (Lipinski definition) is 1. The van der Waals surface area contributed by atoms with E-state index in [-0.39, 0.29) is 6.54 Å². The molecule has 0 aliphatic heterocycles. The van der Waals surface area contributed by atoms with Gasteiger partial charge in [0.25, 0.3) is 0 Å². The number of rotatable bonds is 4. The van der Waals surface area contributed by atoms with Gasteiger partial charge in [-0.15, -0.1) is 5.10 Å². The Hall–Kier alpha value is -2.80. The van der Waals surface area contributed by atoms with Crippen molar-refractivity contribution in [3.8, 4) is 22.7 Å². The fourth-order valence-corrected chi connectivity index (χ4v) is 2.29. The molecule has 23 heavy (non-hydrogen) atoms. The Labute approximate surface area is 131 Å². The first-order valence-corrected chi connectivity index (χ1v) is 6.88. The van der Waals surface area contributed by atoms with Crippen molar-refractivity contribution < 1.29 is 13.5 Å². The number of hydrogen-bond acceptors (Lipinski definition) is 4. The van der Waals surface area contributed by atoms with Crippen molar-refractivity contribution in [3.05, 3.63) is 59.8 Å². The van der Waals surface area contributed by atoms with Gasteiger partial charge in [-0.1, -0.05) is 5.21 Å². The van der Waals surface area contributed by atoms with Gasteiger partial charge in [0, 0.05) is 12.1 Å². The van der Waals surface area contributed by atoms with Gasteiger partial charge >= 0.3 is 0 Å². The van der Waals surface area contributed by atoms with Crippen LogP contribution in [0.1, 0.15) is 5.69 Å². The number of ether oxygens (including phenoxy) is 1. The van der Waals surface area contributed by atoms with Crippen LogP contribution in [0.5, 0.6) is 5.75 Å². The predicted molar refractivity (Wildman–Crippen MR) is 81.2 cm³/mol. The minimum absolute atomic E-state index is 0.129. The van der Waals surface area contributed by atoms with Crippen LogP contribution < -0.4 is 10.5 Å². The molecule has 0 saturated carbocycles. The molecule has 0 spiro atoms. The topological polar surface area (TPSA) is 66.0 Å². The zero-order valence-corrected chi connectivity index (χ0v) is 12.3. The lowest BCUT2D eigenvalue weighted by molar-refractivity contribution is 0.414. The molecule has 5 nitrogen and oxygen atoms in total. The highest BCUT2D eigenvalue weighted by Gasteiger charge is 2.17. The predicted octanol–water partition coefficient (Wildman–Crippen LogP) is 2.68. The Balaban J connectivity index is 2.14. The van der Waals surface area contributed by atoms with Crippen molar-refractivity contribution in [3.63, 3.8) is 0 Å². The third kappa shape index (κ3) is 2.78. The smallest absolute Gasteiger partial charge is 0.159 e. The summed E-state index contributed by atoms with van der Waals surface area (Å²) in [6.45, 7) is 0.129. The van der Waals surface area contributed by atoms with Crippen molar-refractivity contribution in [1.82, 2.24) is 15.0 Å². The quantitative estimate of drug-likeness (QED) is 0.803. The van der Waals surface area contributed by atoms with Gasteiger partial charge in [-0.05, 0) is 42.5 Å². The van der Waals surface area contributed by atoms with Crippen LogP contribution in [0.3, 0.4) is 0 Å². The number of nitrogens with two attached hydrogens (primary N) is 1. The van der Waals surface area contributed by atoms with Gasteiger partial charge in [0.2, 0.25) is 0 Å². The Morgan fingerprint density at radius 2 is 1.83 bits per heavy atom. The van der Waals surface area contributed by atoms with E-state index in [1.165, 1.54) is 10.7 Å². The van der Waals surface area contributed by atoms with Crippen molar-refractivity contribution in [2.24, 2.45) is 5.73 Å². The average molecular weight is 316 g/mol. The normalized spacial score (nSPS) is 10.8. The van der Waals surface area contributed by atoms with E-state index in [1.807, 2.05) is 0 Å². The van der Waals surface area contributed by atoms with Gasteiger partial charge in [0.1, 0.15) is 11.4 Å². The van der Waals surface area contributed by atoms with Crippen molar-refractivity contribution in [2.75, 3.05) is 7.11 Å². The van der Waals surface area contributed by atoms with Crippen LogP contribution in [-0.2, 0) is 6.54 Å². The molecule has 0 unspecified atom stereocenters. The first kappa shape index (κ1) is 15.1. The molecule has 7 heteroatoms. The van der Waals surface area contributed by atoms with Crippen LogP contribution in [0, 0.1) is 11.6 Å². The molecular formula is C16H14F2N4O. The summed E-state index contributed by atoms with van der Waals surface area (Å²) in [5.74, 6) is -1.15. The Kier molecular flexibility index (Phi) is 4.03. The summed E-state index contributed by atoms with van der Waals surface area (Å²) < 4.78 is 33.4. The summed E-state index contributed by atoms with van der Waals surface area (Å²) in [7, 11) is 1.57. The number of halogens is 2. The highest BCUT2D eigenvalue weighted by molar-refractivity contribution is 5.64. The third-order valence-electron chi connectivity index (χ3n) is 3.44. The van der Waals surface area contributed by atoms with E-state index >= 15 is 0 Å². The molecule has 0 saturated heterocycles. The van der Waals surface area contributed by atoms with E-state index in [0.29, 0.717) is 28.4 Å². The average Bonchev–Trinajstić information content (AvgIpc) is 3.01. The minimum atomic E-state index is -0.937. The van der Waals surface area contributed by atoms with Gasteiger partial charge in [-0.3, -0.25) is 0 Å². The molecule has 0 aliphatic carbocycles. The lowest BCUT2D eigenvalue weighted by atomic mass is 10.1. The van der Waals surface area contributed by atoms with Crippen LogP contribution in [0.2, 0.25) is 0 Å². The van der Waals surface area contributed by atoms with Gasteiger partial charge in [0.05, 0.1) is 18.5 Å². The van der Waals surface area contributed by atoms with E-state index in [9.17, 15) is 8.78 Å². The lowest BCUT2D eigenvalue weighted by Gasteiger charge is -2.09. The van der Waals surface area contributed by atoms with Crippen molar-refractivity contribution in [2.45, 2.75) is 6.54 Å². The van der Waals surface area contributed by atoms with E-state index in [4.69, 9.17) is 10.5 Å². The molecular weight excluding hydrogens is 302 g/mol. The summed E-state index contributed by atoms with van der Waals surface area (Å²) in [4.78, 5) is 0. The fraction of sp³-hybridized carbons (Fsp3) is 0.125. The van der Waals surface area contributed by atoms with E-state index in [2.05, 4.69) is 10.3 Å². The monoisotopic (exact) mass is 316 g/mol. The summed E-state index contributed by atoms with van der Waals surface area (Å²) in [5, 5.41) is 8.09. The second-order valence-electron chi connectivity index (χ2n) is 4.83. The number of methoxy groups -OCH3 is 1. The van der Waals surface area contributed by atoms with Crippen molar-refractivity contribution in [1.29, 1.82) is 0 Å². The highest BCUT2D eigenvalue weighted by atomic mass is 19.2. The molecule has 0 radical (unpaired) electrons. The minimum Gasteiger partial charge on any atom is -0.497 e. The van der Waals surface area contributed by atoms with Gasteiger partial charge < -0.3 is 10.5 Å². The highest BCUT2D eigenvalue weighted by Crippen LogP contribution is 2.27. The number of nitrogens with zero attached hydrogens (tertiary/aromatic N) is 3. The Bertz CT molecular complexity index is 831. The summed E-state index contributed by atoms with van der Waals surface area (Å²) in [6, 6.07) is 10.8. The fourth-order valence-electron chi connectivity index (χ4n) is 2.29. The van der Waals surface area contributed by atoms with E-state index < -0.39 is 11.6 Å². The molecule has 1 aromatic heterocycles. The summed E-state index contributed by atoms with van der Waals surface area (Å²) in [6.07, 6.45) is 0. The molecule has 118 valence electrons. The molecule has 1 heterocycles. The van der Waals surface area contributed by atoms with Crippen molar-refractivity contribution >= 4 is 0 Å². The zero-order chi connectivity index (χ0) is 16.4. The molecule has 0 atom stereocenters. The second-order valence-corrected chi connectivity index (χ2v) is 4.83. The van der Waals surface area contributed by atoms with Crippen LogP contribution in [0.4, 0.5) is 8.78 Å². The summed E-state index contributed by atoms with van der Waals surface area (Å²) >= 11 is 0.